The third-order valence-corrected chi connectivity index (χ3v) is 5.32. The molecule has 132 valence electrons. The van der Waals surface area contributed by atoms with Crippen molar-refractivity contribution in [2.45, 2.75) is 26.8 Å². The lowest BCUT2D eigenvalue weighted by molar-refractivity contribution is 0.0997. The standard InChI is InChI=1S/C20H19N3O2S/c1-3-14-6-7-17-16(11-14)13(2)19(25-17)20(24)22-18-8-9-21-23(18)12-15-5-4-10-26-15/h4-11H,3,12H2,1-2H3,(H,22,24). The van der Waals surface area contributed by atoms with Crippen LogP contribution in [0.1, 0.15) is 33.5 Å². The molecule has 0 aliphatic carbocycles. The number of nitrogens with zero attached hydrogens (tertiary/aromatic N) is 2. The molecular weight excluding hydrogens is 346 g/mol. The highest BCUT2D eigenvalue weighted by Crippen LogP contribution is 2.27. The second-order valence-corrected chi connectivity index (χ2v) is 7.18. The van der Waals surface area contributed by atoms with Gasteiger partial charge in [0.2, 0.25) is 0 Å². The Hall–Kier alpha value is -2.86. The number of benzene rings is 1. The van der Waals surface area contributed by atoms with Gasteiger partial charge in [-0.25, -0.2) is 4.68 Å². The molecule has 0 unspecified atom stereocenters. The number of carbonyl (C=O) groups is 1. The number of nitrogens with one attached hydrogen (secondary N) is 1. The van der Waals surface area contributed by atoms with Crippen molar-refractivity contribution < 1.29 is 9.21 Å². The topological polar surface area (TPSA) is 60.1 Å². The lowest BCUT2D eigenvalue weighted by Gasteiger charge is -2.07. The van der Waals surface area contributed by atoms with Crippen LogP contribution in [0.2, 0.25) is 0 Å². The molecule has 1 amide bonds. The third-order valence-electron chi connectivity index (χ3n) is 4.46. The Bertz CT molecular complexity index is 1060. The first-order chi connectivity index (χ1) is 12.7. The van der Waals surface area contributed by atoms with Crippen molar-refractivity contribution in [3.8, 4) is 0 Å². The third kappa shape index (κ3) is 3.04. The van der Waals surface area contributed by atoms with E-state index in [9.17, 15) is 4.79 Å². The zero-order valence-corrected chi connectivity index (χ0v) is 15.5. The maximum Gasteiger partial charge on any atom is 0.292 e. The average Bonchev–Trinajstić information content (AvgIpc) is 3.37. The van der Waals surface area contributed by atoms with E-state index in [1.54, 1.807) is 28.3 Å². The normalized spacial score (nSPS) is 11.2. The molecule has 5 nitrogen and oxygen atoms in total. The molecule has 1 aromatic carbocycles. The minimum atomic E-state index is -0.260. The van der Waals surface area contributed by atoms with E-state index in [4.69, 9.17) is 4.42 Å². The van der Waals surface area contributed by atoms with Gasteiger partial charge >= 0.3 is 0 Å². The van der Waals surface area contributed by atoms with E-state index in [1.807, 2.05) is 36.6 Å². The summed E-state index contributed by atoms with van der Waals surface area (Å²) in [6.07, 6.45) is 2.63. The van der Waals surface area contributed by atoms with Crippen LogP contribution in [-0.2, 0) is 13.0 Å². The van der Waals surface area contributed by atoms with E-state index < -0.39 is 0 Å². The molecular formula is C20H19N3O2S. The van der Waals surface area contributed by atoms with E-state index in [0.29, 0.717) is 18.1 Å². The number of thiophene rings is 1. The Morgan fingerprint density at radius 1 is 1.31 bits per heavy atom. The van der Waals surface area contributed by atoms with Gasteiger partial charge in [-0.05, 0) is 42.5 Å². The van der Waals surface area contributed by atoms with Gasteiger partial charge in [0.05, 0.1) is 12.7 Å². The molecule has 1 N–H and O–H groups in total. The van der Waals surface area contributed by atoms with E-state index in [2.05, 4.69) is 23.4 Å². The molecule has 0 radical (unpaired) electrons. The smallest absolute Gasteiger partial charge is 0.292 e. The van der Waals surface area contributed by atoms with Gasteiger partial charge in [-0.15, -0.1) is 11.3 Å². The fourth-order valence-corrected chi connectivity index (χ4v) is 3.68. The molecule has 4 aromatic rings. The highest BCUT2D eigenvalue weighted by Gasteiger charge is 2.19. The number of aryl methyl sites for hydroxylation is 2. The average molecular weight is 365 g/mol. The monoisotopic (exact) mass is 365 g/mol. The van der Waals surface area contributed by atoms with Gasteiger partial charge in [-0.1, -0.05) is 19.1 Å². The van der Waals surface area contributed by atoms with Gasteiger partial charge in [0.25, 0.3) is 5.91 Å². The zero-order chi connectivity index (χ0) is 18.1. The molecule has 0 atom stereocenters. The van der Waals surface area contributed by atoms with Gasteiger partial charge in [-0.3, -0.25) is 4.79 Å². The lowest BCUT2D eigenvalue weighted by atomic mass is 10.1. The fraction of sp³-hybridized carbons (Fsp3) is 0.200. The second-order valence-electron chi connectivity index (χ2n) is 6.15. The van der Waals surface area contributed by atoms with Crippen molar-refractivity contribution in [1.29, 1.82) is 0 Å². The van der Waals surface area contributed by atoms with Crippen LogP contribution in [-0.4, -0.2) is 15.7 Å². The van der Waals surface area contributed by atoms with Crippen LogP contribution in [0, 0.1) is 6.92 Å². The van der Waals surface area contributed by atoms with Crippen LogP contribution in [0.5, 0.6) is 0 Å². The Balaban J connectivity index is 1.60. The Morgan fingerprint density at radius 2 is 2.19 bits per heavy atom. The van der Waals surface area contributed by atoms with Gasteiger partial charge in [0, 0.05) is 21.9 Å². The Kier molecular flexibility index (Phi) is 4.34. The second kappa shape index (κ2) is 6.80. The van der Waals surface area contributed by atoms with E-state index in [1.165, 1.54) is 10.4 Å². The summed E-state index contributed by atoms with van der Waals surface area (Å²) in [7, 11) is 0. The van der Waals surface area contributed by atoms with Crippen LogP contribution in [0.4, 0.5) is 5.82 Å². The first-order valence-corrected chi connectivity index (χ1v) is 9.41. The van der Waals surface area contributed by atoms with Crippen LogP contribution >= 0.6 is 11.3 Å². The van der Waals surface area contributed by atoms with Gasteiger partial charge < -0.3 is 9.73 Å². The summed E-state index contributed by atoms with van der Waals surface area (Å²) in [5.74, 6) is 0.735. The molecule has 0 saturated heterocycles. The number of anilines is 1. The number of hydrogen-bond donors (Lipinski definition) is 1. The van der Waals surface area contributed by atoms with E-state index >= 15 is 0 Å². The molecule has 3 aromatic heterocycles. The summed E-state index contributed by atoms with van der Waals surface area (Å²) in [5, 5.41) is 10.2. The van der Waals surface area contributed by atoms with E-state index in [-0.39, 0.29) is 5.91 Å². The van der Waals surface area contributed by atoms with Crippen molar-refractivity contribution in [1.82, 2.24) is 9.78 Å². The lowest BCUT2D eigenvalue weighted by Crippen LogP contribution is -2.16. The van der Waals surface area contributed by atoms with Gasteiger partial charge in [-0.2, -0.15) is 5.10 Å². The van der Waals surface area contributed by atoms with Crippen molar-refractivity contribution in [2.75, 3.05) is 5.32 Å². The Labute approximate surface area is 155 Å². The number of rotatable bonds is 5. The quantitative estimate of drug-likeness (QED) is 0.549. The molecule has 4 rings (SSSR count). The molecule has 0 aliphatic heterocycles. The molecule has 0 spiro atoms. The molecule has 3 heterocycles. The molecule has 0 fully saturated rings. The highest BCUT2D eigenvalue weighted by atomic mass is 32.1. The summed E-state index contributed by atoms with van der Waals surface area (Å²) >= 11 is 1.66. The summed E-state index contributed by atoms with van der Waals surface area (Å²) in [6.45, 7) is 4.65. The summed E-state index contributed by atoms with van der Waals surface area (Å²) in [4.78, 5) is 13.9. The first-order valence-electron chi connectivity index (χ1n) is 8.53. The number of fused-ring (bicyclic) bond motifs is 1. The molecule has 6 heteroatoms. The predicted octanol–water partition coefficient (Wildman–Crippen LogP) is 4.86. The number of furan rings is 1. The maximum atomic E-state index is 12.8. The number of hydrogen-bond acceptors (Lipinski definition) is 4. The van der Waals surface area contributed by atoms with Crippen LogP contribution < -0.4 is 5.32 Å². The largest absolute Gasteiger partial charge is 0.451 e. The Morgan fingerprint density at radius 3 is 2.96 bits per heavy atom. The van der Waals surface area contributed by atoms with Gasteiger partial charge in [0.1, 0.15) is 11.4 Å². The van der Waals surface area contributed by atoms with Crippen molar-refractivity contribution >= 4 is 34.0 Å². The number of carbonyl (C=O) groups excluding carboxylic acids is 1. The minimum Gasteiger partial charge on any atom is -0.451 e. The van der Waals surface area contributed by atoms with Crippen molar-refractivity contribution in [3.05, 3.63) is 69.7 Å². The minimum absolute atomic E-state index is 0.260. The van der Waals surface area contributed by atoms with Crippen molar-refractivity contribution in [2.24, 2.45) is 0 Å². The summed E-state index contributed by atoms with van der Waals surface area (Å²) in [6, 6.07) is 11.9. The fourth-order valence-electron chi connectivity index (χ4n) is 2.99. The first kappa shape index (κ1) is 16.6. The SMILES string of the molecule is CCc1ccc2oc(C(=O)Nc3ccnn3Cc3cccs3)c(C)c2c1. The zero-order valence-electron chi connectivity index (χ0n) is 14.7. The number of aromatic nitrogens is 2. The van der Waals surface area contributed by atoms with Crippen LogP contribution in [0.3, 0.4) is 0 Å². The predicted molar refractivity (Wildman–Crippen MR) is 104 cm³/mol. The molecule has 0 saturated carbocycles. The summed E-state index contributed by atoms with van der Waals surface area (Å²) < 4.78 is 7.59. The maximum absolute atomic E-state index is 12.8. The summed E-state index contributed by atoms with van der Waals surface area (Å²) in [5.41, 5.74) is 2.82. The van der Waals surface area contributed by atoms with Gasteiger partial charge in [0.15, 0.2) is 5.76 Å². The number of amides is 1. The molecule has 26 heavy (non-hydrogen) atoms. The van der Waals surface area contributed by atoms with E-state index in [0.717, 1.165) is 23.0 Å². The van der Waals surface area contributed by atoms with Crippen LogP contribution in [0.15, 0.2) is 52.4 Å². The molecule has 0 aliphatic rings. The highest BCUT2D eigenvalue weighted by molar-refractivity contribution is 7.09. The van der Waals surface area contributed by atoms with Crippen molar-refractivity contribution in [3.63, 3.8) is 0 Å². The van der Waals surface area contributed by atoms with Crippen LogP contribution in [0.25, 0.3) is 11.0 Å². The molecule has 0 bridgehead atoms.